The molecular formula is C12H10ClF2N3. The van der Waals surface area contributed by atoms with E-state index >= 15 is 0 Å². The summed E-state index contributed by atoms with van der Waals surface area (Å²) in [5.74, 6) is -2.84. The maximum absolute atomic E-state index is 13.5. The fourth-order valence-electron chi connectivity index (χ4n) is 2.24. The number of benzene rings is 1. The van der Waals surface area contributed by atoms with Crippen LogP contribution in [0.1, 0.15) is 12.1 Å². The number of rotatable bonds is 2. The van der Waals surface area contributed by atoms with Gasteiger partial charge in [0.1, 0.15) is 0 Å². The average Bonchev–Trinajstić information content (AvgIpc) is 2.93. The number of hydrogen-bond acceptors (Lipinski definition) is 3. The Labute approximate surface area is 107 Å². The molecule has 1 fully saturated rings. The van der Waals surface area contributed by atoms with E-state index in [1.807, 2.05) is 0 Å². The second-order valence-electron chi connectivity index (χ2n) is 4.55. The van der Waals surface area contributed by atoms with E-state index in [-0.39, 0.29) is 23.7 Å². The van der Waals surface area contributed by atoms with Gasteiger partial charge in [-0.2, -0.15) is 10.2 Å². The van der Waals surface area contributed by atoms with Gasteiger partial charge in [-0.25, -0.2) is 8.78 Å². The van der Waals surface area contributed by atoms with Gasteiger partial charge in [0.15, 0.2) is 0 Å². The lowest BCUT2D eigenvalue weighted by Crippen LogP contribution is -2.28. The third-order valence-corrected chi connectivity index (χ3v) is 3.89. The molecule has 1 aliphatic rings. The van der Waals surface area contributed by atoms with Gasteiger partial charge in [0.05, 0.1) is 21.6 Å². The van der Waals surface area contributed by atoms with Crippen LogP contribution in [-0.4, -0.2) is 22.7 Å². The smallest absolute Gasteiger partial charge is 0.261 e. The molecule has 0 bridgehead atoms. The Kier molecular flexibility index (Phi) is 2.34. The highest BCUT2D eigenvalue weighted by atomic mass is 35.5. The maximum atomic E-state index is 13.5. The standard InChI is InChI=1S/C12H10ClF2N3/c13-9-7-3-1-2-4-8(7)17-18-10(9)11(6-16)5-12(11,14)15/h1-4H,5-6,16H2. The quantitative estimate of drug-likeness (QED) is 0.911. The predicted octanol–water partition coefficient (Wildman–Crippen LogP) is 2.52. The highest BCUT2D eigenvalue weighted by Crippen LogP contribution is 2.61. The van der Waals surface area contributed by atoms with E-state index in [0.29, 0.717) is 10.9 Å². The highest BCUT2D eigenvalue weighted by molar-refractivity contribution is 6.36. The molecule has 1 saturated carbocycles. The van der Waals surface area contributed by atoms with Gasteiger partial charge in [0, 0.05) is 18.4 Å². The lowest BCUT2D eigenvalue weighted by atomic mass is 10.00. The fourth-order valence-corrected chi connectivity index (χ4v) is 2.62. The Balaban J connectivity index is 2.23. The molecular weight excluding hydrogens is 260 g/mol. The van der Waals surface area contributed by atoms with Gasteiger partial charge in [-0.05, 0) is 6.07 Å². The Morgan fingerprint density at radius 1 is 1.28 bits per heavy atom. The number of alkyl halides is 2. The van der Waals surface area contributed by atoms with Crippen molar-refractivity contribution in [3.8, 4) is 0 Å². The minimum atomic E-state index is -2.84. The number of aromatic nitrogens is 2. The third-order valence-electron chi connectivity index (χ3n) is 3.51. The summed E-state index contributed by atoms with van der Waals surface area (Å²) < 4.78 is 27.0. The van der Waals surface area contributed by atoms with E-state index in [0.717, 1.165) is 0 Å². The molecule has 0 radical (unpaired) electrons. The lowest BCUT2D eigenvalue weighted by Gasteiger charge is -2.15. The second kappa shape index (κ2) is 3.59. The van der Waals surface area contributed by atoms with Crippen LogP contribution in [0.2, 0.25) is 5.02 Å². The van der Waals surface area contributed by atoms with Gasteiger partial charge in [0.25, 0.3) is 5.92 Å². The summed E-state index contributed by atoms with van der Waals surface area (Å²) in [6.07, 6.45) is -0.316. The first-order valence-electron chi connectivity index (χ1n) is 5.51. The SMILES string of the molecule is NCC1(c2nnc3ccccc3c2Cl)CC1(F)F. The zero-order valence-corrected chi connectivity index (χ0v) is 10.1. The number of hydrogen-bond donors (Lipinski definition) is 1. The summed E-state index contributed by atoms with van der Waals surface area (Å²) in [6.45, 7) is -0.188. The molecule has 1 aliphatic carbocycles. The van der Waals surface area contributed by atoms with Crippen LogP contribution in [0, 0.1) is 0 Å². The number of halogens is 3. The van der Waals surface area contributed by atoms with Crippen molar-refractivity contribution in [3.05, 3.63) is 35.0 Å². The summed E-state index contributed by atoms with van der Waals surface area (Å²) in [7, 11) is 0. The van der Waals surface area contributed by atoms with Gasteiger partial charge >= 0.3 is 0 Å². The van der Waals surface area contributed by atoms with Crippen molar-refractivity contribution in [1.29, 1.82) is 0 Å². The normalized spacial score (nSPS) is 25.3. The zero-order chi connectivity index (χ0) is 13.0. The summed E-state index contributed by atoms with van der Waals surface area (Å²) >= 11 is 6.18. The van der Waals surface area contributed by atoms with E-state index in [2.05, 4.69) is 10.2 Å². The van der Waals surface area contributed by atoms with Crippen molar-refractivity contribution in [3.63, 3.8) is 0 Å². The molecule has 2 N–H and O–H groups in total. The molecule has 0 saturated heterocycles. The first-order valence-corrected chi connectivity index (χ1v) is 5.89. The van der Waals surface area contributed by atoms with Crippen LogP contribution in [-0.2, 0) is 5.41 Å². The van der Waals surface area contributed by atoms with Crippen molar-refractivity contribution in [2.75, 3.05) is 6.54 Å². The molecule has 1 atom stereocenters. The summed E-state index contributed by atoms with van der Waals surface area (Å²) in [5, 5.41) is 8.65. The van der Waals surface area contributed by atoms with E-state index in [9.17, 15) is 8.78 Å². The monoisotopic (exact) mass is 269 g/mol. The number of nitrogens with two attached hydrogens (primary N) is 1. The summed E-state index contributed by atoms with van der Waals surface area (Å²) in [6, 6.07) is 7.04. The van der Waals surface area contributed by atoms with E-state index in [1.54, 1.807) is 24.3 Å². The van der Waals surface area contributed by atoms with Crippen LogP contribution in [0.5, 0.6) is 0 Å². The van der Waals surface area contributed by atoms with E-state index in [4.69, 9.17) is 17.3 Å². The fraction of sp³-hybridized carbons (Fsp3) is 0.333. The van der Waals surface area contributed by atoms with Crippen LogP contribution in [0.3, 0.4) is 0 Å². The van der Waals surface area contributed by atoms with Crippen LogP contribution < -0.4 is 5.73 Å². The molecule has 1 aromatic carbocycles. The molecule has 1 aromatic heterocycles. The summed E-state index contributed by atoms with van der Waals surface area (Å²) in [5.41, 5.74) is 4.73. The van der Waals surface area contributed by atoms with Crippen molar-refractivity contribution in [1.82, 2.24) is 10.2 Å². The largest absolute Gasteiger partial charge is 0.329 e. The molecule has 3 rings (SSSR count). The Hall–Kier alpha value is -1.33. The molecule has 1 unspecified atom stereocenters. The lowest BCUT2D eigenvalue weighted by molar-refractivity contribution is 0.0884. The van der Waals surface area contributed by atoms with Crippen LogP contribution >= 0.6 is 11.6 Å². The number of nitrogens with zero attached hydrogens (tertiary/aromatic N) is 2. The molecule has 1 heterocycles. The minimum absolute atomic E-state index is 0.107. The predicted molar refractivity (Wildman–Crippen MR) is 64.8 cm³/mol. The first-order chi connectivity index (χ1) is 8.52. The highest BCUT2D eigenvalue weighted by Gasteiger charge is 2.73. The molecule has 0 amide bonds. The second-order valence-corrected chi connectivity index (χ2v) is 4.93. The van der Waals surface area contributed by atoms with Gasteiger partial charge < -0.3 is 5.73 Å². The van der Waals surface area contributed by atoms with Gasteiger partial charge in [-0.1, -0.05) is 29.8 Å². The third kappa shape index (κ3) is 1.37. The Morgan fingerprint density at radius 2 is 1.94 bits per heavy atom. The topological polar surface area (TPSA) is 51.8 Å². The minimum Gasteiger partial charge on any atom is -0.329 e. The van der Waals surface area contributed by atoms with E-state index < -0.39 is 11.3 Å². The molecule has 0 spiro atoms. The van der Waals surface area contributed by atoms with E-state index in [1.165, 1.54) is 0 Å². The van der Waals surface area contributed by atoms with Crippen molar-refractivity contribution >= 4 is 22.5 Å². The first kappa shape index (κ1) is 11.7. The van der Waals surface area contributed by atoms with Gasteiger partial charge in [-0.15, -0.1) is 0 Å². The molecule has 18 heavy (non-hydrogen) atoms. The Morgan fingerprint density at radius 3 is 2.56 bits per heavy atom. The van der Waals surface area contributed by atoms with Crippen molar-refractivity contribution in [2.45, 2.75) is 17.8 Å². The van der Waals surface area contributed by atoms with Crippen LogP contribution in [0.25, 0.3) is 10.9 Å². The van der Waals surface area contributed by atoms with Crippen LogP contribution in [0.4, 0.5) is 8.78 Å². The molecule has 2 aromatic rings. The molecule has 3 nitrogen and oxygen atoms in total. The van der Waals surface area contributed by atoms with Gasteiger partial charge in [-0.3, -0.25) is 0 Å². The van der Waals surface area contributed by atoms with Crippen molar-refractivity contribution in [2.24, 2.45) is 5.73 Å². The average molecular weight is 270 g/mol. The maximum Gasteiger partial charge on any atom is 0.261 e. The van der Waals surface area contributed by atoms with Crippen molar-refractivity contribution < 1.29 is 8.78 Å². The van der Waals surface area contributed by atoms with Gasteiger partial charge in [0.2, 0.25) is 0 Å². The molecule has 94 valence electrons. The number of fused-ring (bicyclic) bond motifs is 1. The van der Waals surface area contributed by atoms with Crippen LogP contribution in [0.15, 0.2) is 24.3 Å². The zero-order valence-electron chi connectivity index (χ0n) is 9.33. The molecule has 6 heteroatoms. The summed E-state index contributed by atoms with van der Waals surface area (Å²) in [4.78, 5) is 0. The Bertz CT molecular complexity index is 632. The molecule has 0 aliphatic heterocycles.